The van der Waals surface area contributed by atoms with Crippen molar-refractivity contribution in [2.75, 3.05) is 27.2 Å². The Bertz CT molecular complexity index is 1380. The number of oxazole rings is 1. The maximum Gasteiger partial charge on any atom is 0.420 e. The maximum absolute atomic E-state index is 13.3. The van der Waals surface area contributed by atoms with Gasteiger partial charge in [-0.2, -0.15) is 13.2 Å². The van der Waals surface area contributed by atoms with Gasteiger partial charge in [0.25, 0.3) is 0 Å². The van der Waals surface area contributed by atoms with Crippen LogP contribution < -0.4 is 10.5 Å². The Morgan fingerprint density at radius 1 is 1.14 bits per heavy atom. The standard InChI is InChI=1S/C24H22ClF3N4O3/c1-31(2)7-4-8-34-17-12-29-22(30-13-17)16-6-3-5-15(9-16)14-32-20-10-18(24(26,27)28)19(25)11-21(20)35-23(32)33/h3,5-6,9-13H,4,7-8,14H2,1-2H3. The van der Waals surface area contributed by atoms with Gasteiger partial charge < -0.3 is 14.1 Å². The van der Waals surface area contributed by atoms with E-state index in [4.69, 9.17) is 20.8 Å². The molecule has 11 heteroatoms. The lowest BCUT2D eigenvalue weighted by molar-refractivity contribution is -0.137. The summed E-state index contributed by atoms with van der Waals surface area (Å²) in [4.78, 5) is 23.1. The molecule has 184 valence electrons. The van der Waals surface area contributed by atoms with Gasteiger partial charge >= 0.3 is 11.9 Å². The number of nitrogens with zero attached hydrogens (tertiary/aromatic N) is 4. The largest absolute Gasteiger partial charge is 0.490 e. The van der Waals surface area contributed by atoms with Crippen molar-refractivity contribution in [3.8, 4) is 17.1 Å². The van der Waals surface area contributed by atoms with Crippen LogP contribution in [0.1, 0.15) is 17.5 Å². The lowest BCUT2D eigenvalue weighted by Gasteiger charge is -2.10. The summed E-state index contributed by atoms with van der Waals surface area (Å²) in [7, 11) is 3.99. The molecule has 4 rings (SSSR count). The fraction of sp³-hybridized carbons (Fsp3) is 0.292. The minimum Gasteiger partial charge on any atom is -0.490 e. The first-order chi connectivity index (χ1) is 16.6. The average molecular weight is 507 g/mol. The molecule has 4 aromatic rings. The Hall–Kier alpha value is -3.37. The van der Waals surface area contributed by atoms with E-state index in [-0.39, 0.29) is 17.6 Å². The van der Waals surface area contributed by atoms with Gasteiger partial charge in [0.05, 0.1) is 41.6 Å². The predicted octanol–water partition coefficient (Wildman–Crippen LogP) is 5.10. The molecule has 0 atom stereocenters. The Labute approximate surface area is 203 Å². The predicted molar refractivity (Wildman–Crippen MR) is 126 cm³/mol. The zero-order valence-corrected chi connectivity index (χ0v) is 19.7. The first kappa shape index (κ1) is 24.7. The van der Waals surface area contributed by atoms with Crippen LogP contribution in [-0.2, 0) is 12.7 Å². The maximum atomic E-state index is 13.3. The summed E-state index contributed by atoms with van der Waals surface area (Å²) < 4.78 is 51.8. The molecule has 2 heterocycles. The summed E-state index contributed by atoms with van der Waals surface area (Å²) in [6.45, 7) is 1.45. The molecule has 0 bridgehead atoms. The van der Waals surface area contributed by atoms with Crippen LogP contribution in [0.25, 0.3) is 22.5 Å². The zero-order chi connectivity index (χ0) is 25.2. The van der Waals surface area contributed by atoms with Gasteiger partial charge in [-0.1, -0.05) is 29.8 Å². The third-order valence-corrected chi connectivity index (χ3v) is 5.55. The normalized spacial score (nSPS) is 12.0. The van der Waals surface area contributed by atoms with Gasteiger partial charge in [0.1, 0.15) is 0 Å². The van der Waals surface area contributed by atoms with Crippen molar-refractivity contribution in [1.82, 2.24) is 19.4 Å². The van der Waals surface area contributed by atoms with E-state index in [1.54, 1.807) is 36.7 Å². The Kier molecular flexibility index (Phi) is 7.13. The second-order valence-electron chi connectivity index (χ2n) is 8.20. The first-order valence-corrected chi connectivity index (χ1v) is 11.1. The summed E-state index contributed by atoms with van der Waals surface area (Å²) in [5.74, 6) is 0.218. The Morgan fingerprint density at radius 3 is 2.57 bits per heavy atom. The SMILES string of the molecule is CN(C)CCCOc1cnc(-c2cccc(Cn3c(=O)oc4cc(Cl)c(C(F)(F)F)cc43)c2)nc1. The molecular weight excluding hydrogens is 485 g/mol. The number of hydrogen-bond donors (Lipinski definition) is 0. The van der Waals surface area contributed by atoms with E-state index in [2.05, 4.69) is 14.9 Å². The van der Waals surface area contributed by atoms with Crippen LogP contribution in [0.4, 0.5) is 13.2 Å². The molecule has 0 saturated carbocycles. The van der Waals surface area contributed by atoms with Crippen molar-refractivity contribution in [3.63, 3.8) is 0 Å². The molecule has 2 aromatic heterocycles. The third-order valence-electron chi connectivity index (χ3n) is 5.23. The van der Waals surface area contributed by atoms with Crippen LogP contribution in [0.15, 0.2) is 58.0 Å². The lowest BCUT2D eigenvalue weighted by Crippen LogP contribution is -2.15. The van der Waals surface area contributed by atoms with Gasteiger partial charge in [-0.3, -0.25) is 4.57 Å². The van der Waals surface area contributed by atoms with Crippen LogP contribution in [0.2, 0.25) is 5.02 Å². The molecule has 0 aliphatic rings. The monoisotopic (exact) mass is 506 g/mol. The second kappa shape index (κ2) is 10.1. The van der Waals surface area contributed by atoms with E-state index >= 15 is 0 Å². The number of hydrogen-bond acceptors (Lipinski definition) is 6. The van der Waals surface area contributed by atoms with Crippen molar-refractivity contribution in [2.45, 2.75) is 19.1 Å². The molecule has 2 aromatic carbocycles. The highest BCUT2D eigenvalue weighted by molar-refractivity contribution is 6.32. The molecular formula is C24H22ClF3N4O3. The van der Waals surface area contributed by atoms with Gasteiger partial charge in [0.15, 0.2) is 17.2 Å². The molecule has 0 radical (unpaired) electrons. The molecule has 0 spiro atoms. The summed E-state index contributed by atoms with van der Waals surface area (Å²) in [5, 5.41) is -0.532. The number of halogens is 4. The van der Waals surface area contributed by atoms with Gasteiger partial charge in [-0.25, -0.2) is 14.8 Å². The van der Waals surface area contributed by atoms with Crippen LogP contribution in [-0.4, -0.2) is 46.7 Å². The minimum atomic E-state index is -4.66. The highest BCUT2D eigenvalue weighted by Crippen LogP contribution is 2.37. The fourth-order valence-corrected chi connectivity index (χ4v) is 3.81. The minimum absolute atomic E-state index is 0.00384. The summed E-state index contributed by atoms with van der Waals surface area (Å²) in [6.07, 6.45) is -0.624. The second-order valence-corrected chi connectivity index (χ2v) is 8.61. The quantitative estimate of drug-likeness (QED) is 0.309. The van der Waals surface area contributed by atoms with Crippen molar-refractivity contribution >= 4 is 22.7 Å². The zero-order valence-electron chi connectivity index (χ0n) is 19.0. The number of alkyl halides is 3. The molecule has 0 aliphatic heterocycles. The number of fused-ring (bicyclic) bond motifs is 1. The van der Waals surface area contributed by atoms with Crippen LogP contribution in [0.3, 0.4) is 0 Å². The number of ether oxygens (including phenoxy) is 1. The summed E-state index contributed by atoms with van der Waals surface area (Å²) in [6, 6.07) is 8.90. The lowest BCUT2D eigenvalue weighted by atomic mass is 10.1. The van der Waals surface area contributed by atoms with E-state index in [0.717, 1.165) is 29.7 Å². The van der Waals surface area contributed by atoms with Gasteiger partial charge in [-0.15, -0.1) is 0 Å². The van der Waals surface area contributed by atoms with E-state index in [1.807, 2.05) is 14.1 Å². The smallest absolute Gasteiger partial charge is 0.420 e. The number of benzene rings is 2. The van der Waals surface area contributed by atoms with Crippen LogP contribution in [0, 0.1) is 0 Å². The Morgan fingerprint density at radius 2 is 1.89 bits per heavy atom. The molecule has 0 unspecified atom stereocenters. The van der Waals surface area contributed by atoms with Crippen LogP contribution in [0.5, 0.6) is 5.75 Å². The van der Waals surface area contributed by atoms with Crippen LogP contribution >= 0.6 is 11.6 Å². The molecule has 0 saturated heterocycles. The van der Waals surface area contributed by atoms with Crippen molar-refractivity contribution in [2.24, 2.45) is 0 Å². The summed E-state index contributed by atoms with van der Waals surface area (Å²) in [5.41, 5.74) is 0.287. The molecule has 0 aliphatic carbocycles. The fourth-order valence-electron chi connectivity index (χ4n) is 3.55. The third kappa shape index (κ3) is 5.83. The molecule has 0 fully saturated rings. The van der Waals surface area contributed by atoms with Crippen molar-refractivity contribution in [3.05, 3.63) is 75.5 Å². The average Bonchev–Trinajstić information content (AvgIpc) is 3.09. The highest BCUT2D eigenvalue weighted by Gasteiger charge is 2.34. The van der Waals surface area contributed by atoms with E-state index < -0.39 is 22.5 Å². The topological polar surface area (TPSA) is 73.4 Å². The molecule has 0 amide bonds. The number of rotatable bonds is 8. The van der Waals surface area contributed by atoms with Gasteiger partial charge in [0.2, 0.25) is 0 Å². The van der Waals surface area contributed by atoms with E-state index in [0.29, 0.717) is 29.3 Å². The highest BCUT2D eigenvalue weighted by atomic mass is 35.5. The van der Waals surface area contributed by atoms with E-state index in [1.165, 1.54) is 0 Å². The molecule has 35 heavy (non-hydrogen) atoms. The number of aromatic nitrogens is 3. The van der Waals surface area contributed by atoms with E-state index in [9.17, 15) is 18.0 Å². The first-order valence-electron chi connectivity index (χ1n) is 10.7. The molecule has 7 nitrogen and oxygen atoms in total. The van der Waals surface area contributed by atoms with Gasteiger partial charge in [0, 0.05) is 18.2 Å². The van der Waals surface area contributed by atoms with Crippen molar-refractivity contribution < 1.29 is 22.3 Å². The molecule has 0 N–H and O–H groups in total. The Balaban J connectivity index is 1.55. The van der Waals surface area contributed by atoms with Gasteiger partial charge in [-0.05, 0) is 38.2 Å². The van der Waals surface area contributed by atoms with Crippen molar-refractivity contribution in [1.29, 1.82) is 0 Å². The summed E-state index contributed by atoms with van der Waals surface area (Å²) >= 11 is 5.74.